The van der Waals surface area contributed by atoms with E-state index in [1.807, 2.05) is 36.4 Å². The maximum absolute atomic E-state index is 4.69. The molecule has 0 aliphatic heterocycles. The van der Waals surface area contributed by atoms with Crippen LogP contribution in [-0.2, 0) is 0 Å². The molecule has 3 heteroatoms. The van der Waals surface area contributed by atoms with Crippen molar-refractivity contribution in [2.75, 3.05) is 5.32 Å². The van der Waals surface area contributed by atoms with E-state index in [0.717, 1.165) is 22.1 Å². The predicted octanol–water partition coefficient (Wildman–Crippen LogP) is 6.22. The van der Waals surface area contributed by atoms with Gasteiger partial charge in [0.2, 0.25) is 0 Å². The monoisotopic (exact) mass is 328 g/mol. The third-order valence-corrected chi connectivity index (χ3v) is 4.57. The molecule has 0 fully saturated rings. The fourth-order valence-electron chi connectivity index (χ4n) is 2.57. The Labute approximate surface area is 145 Å². The van der Waals surface area contributed by atoms with Crippen LogP contribution in [0.5, 0.6) is 0 Å². The van der Waals surface area contributed by atoms with E-state index in [4.69, 9.17) is 0 Å². The van der Waals surface area contributed by atoms with Crippen LogP contribution in [0.2, 0.25) is 0 Å². The van der Waals surface area contributed by atoms with Gasteiger partial charge in [-0.15, -0.1) is 11.3 Å². The van der Waals surface area contributed by atoms with Crippen LogP contribution < -0.4 is 5.32 Å². The van der Waals surface area contributed by atoms with Gasteiger partial charge >= 0.3 is 0 Å². The zero-order valence-corrected chi connectivity index (χ0v) is 13.8. The first kappa shape index (κ1) is 14.7. The van der Waals surface area contributed by atoms with Crippen LogP contribution in [-0.4, -0.2) is 4.98 Å². The largest absolute Gasteiger partial charge is 0.332 e. The van der Waals surface area contributed by atoms with Crippen molar-refractivity contribution < 1.29 is 0 Å². The van der Waals surface area contributed by atoms with Crippen molar-refractivity contribution in [3.8, 4) is 22.4 Å². The van der Waals surface area contributed by atoms with Crippen molar-refractivity contribution in [2.45, 2.75) is 0 Å². The Morgan fingerprint density at radius 2 is 1.21 bits per heavy atom. The number of hydrogen-bond acceptors (Lipinski definition) is 3. The summed E-state index contributed by atoms with van der Waals surface area (Å²) in [6.45, 7) is 0. The summed E-state index contributed by atoms with van der Waals surface area (Å²) in [6, 6.07) is 29.1. The lowest BCUT2D eigenvalue weighted by Gasteiger charge is -2.03. The topological polar surface area (TPSA) is 24.9 Å². The van der Waals surface area contributed by atoms with E-state index in [1.165, 1.54) is 11.1 Å². The first-order valence-corrected chi connectivity index (χ1v) is 8.70. The number of benzene rings is 3. The molecule has 0 bridgehead atoms. The molecule has 0 spiro atoms. The Hall–Kier alpha value is -2.91. The molecule has 1 heterocycles. The fourth-order valence-corrected chi connectivity index (χ4v) is 3.31. The van der Waals surface area contributed by atoms with Crippen LogP contribution in [0.1, 0.15) is 0 Å². The second-order valence-corrected chi connectivity index (χ2v) is 6.33. The summed E-state index contributed by atoms with van der Waals surface area (Å²) in [4.78, 5) is 4.69. The summed E-state index contributed by atoms with van der Waals surface area (Å²) in [5, 5.41) is 6.33. The number of aromatic nitrogens is 1. The van der Waals surface area contributed by atoms with Crippen molar-refractivity contribution in [1.82, 2.24) is 4.98 Å². The van der Waals surface area contributed by atoms with Gasteiger partial charge in [0.25, 0.3) is 0 Å². The van der Waals surface area contributed by atoms with Gasteiger partial charge in [-0.1, -0.05) is 72.8 Å². The highest BCUT2D eigenvalue weighted by atomic mass is 32.1. The molecule has 0 unspecified atom stereocenters. The molecule has 4 aromatic rings. The molecule has 24 heavy (non-hydrogen) atoms. The first-order chi connectivity index (χ1) is 11.9. The van der Waals surface area contributed by atoms with Crippen molar-refractivity contribution >= 4 is 22.2 Å². The smallest absolute Gasteiger partial charge is 0.187 e. The van der Waals surface area contributed by atoms with Crippen molar-refractivity contribution in [3.05, 3.63) is 90.3 Å². The van der Waals surface area contributed by atoms with Gasteiger partial charge in [0, 0.05) is 16.6 Å². The minimum Gasteiger partial charge on any atom is -0.332 e. The Morgan fingerprint density at radius 1 is 0.625 bits per heavy atom. The highest BCUT2D eigenvalue weighted by Crippen LogP contribution is 2.29. The minimum absolute atomic E-state index is 0.906. The number of nitrogens with zero attached hydrogens (tertiary/aromatic N) is 1. The molecule has 3 aromatic carbocycles. The van der Waals surface area contributed by atoms with Gasteiger partial charge in [0.1, 0.15) is 0 Å². The van der Waals surface area contributed by atoms with Gasteiger partial charge in [-0.25, -0.2) is 4.98 Å². The molecule has 0 amide bonds. The van der Waals surface area contributed by atoms with E-state index in [9.17, 15) is 0 Å². The summed E-state index contributed by atoms with van der Waals surface area (Å²) < 4.78 is 0. The highest BCUT2D eigenvalue weighted by molar-refractivity contribution is 7.14. The van der Waals surface area contributed by atoms with Gasteiger partial charge in [-0.3, -0.25) is 0 Å². The number of para-hydroxylation sites is 1. The second-order valence-electron chi connectivity index (χ2n) is 5.47. The van der Waals surface area contributed by atoms with Crippen LogP contribution in [0.3, 0.4) is 0 Å². The molecule has 4 rings (SSSR count). The maximum atomic E-state index is 4.69. The second kappa shape index (κ2) is 6.69. The SMILES string of the molecule is c1ccc(Nc2nc(-c3ccc(-c4ccccc4)cc3)cs2)cc1. The van der Waals surface area contributed by atoms with E-state index in [1.54, 1.807) is 11.3 Å². The van der Waals surface area contributed by atoms with Crippen molar-refractivity contribution in [3.63, 3.8) is 0 Å². The molecule has 1 aromatic heterocycles. The van der Waals surface area contributed by atoms with Crippen LogP contribution in [0.25, 0.3) is 22.4 Å². The third-order valence-electron chi connectivity index (χ3n) is 3.82. The number of thiazole rings is 1. The number of nitrogens with one attached hydrogen (secondary N) is 1. The lowest BCUT2D eigenvalue weighted by Crippen LogP contribution is -1.88. The molecule has 0 atom stereocenters. The molecule has 1 N–H and O–H groups in total. The molecular formula is C21H16N2S. The number of anilines is 2. The minimum atomic E-state index is 0.906. The summed E-state index contributed by atoms with van der Waals surface area (Å²) in [7, 11) is 0. The summed E-state index contributed by atoms with van der Waals surface area (Å²) >= 11 is 1.62. The zero-order chi connectivity index (χ0) is 16.2. The number of hydrogen-bond donors (Lipinski definition) is 1. The highest BCUT2D eigenvalue weighted by Gasteiger charge is 2.05. The lowest BCUT2D eigenvalue weighted by atomic mass is 10.0. The zero-order valence-electron chi connectivity index (χ0n) is 13.0. The van der Waals surface area contributed by atoms with Crippen LogP contribution >= 0.6 is 11.3 Å². The van der Waals surface area contributed by atoms with E-state index >= 15 is 0 Å². The van der Waals surface area contributed by atoms with E-state index in [2.05, 4.69) is 64.2 Å². The third kappa shape index (κ3) is 3.21. The molecule has 0 radical (unpaired) electrons. The summed E-state index contributed by atoms with van der Waals surface area (Å²) in [5.74, 6) is 0. The quantitative estimate of drug-likeness (QED) is 0.481. The molecule has 0 aliphatic carbocycles. The average Bonchev–Trinajstić information content (AvgIpc) is 3.12. The summed E-state index contributed by atoms with van der Waals surface area (Å²) in [5.41, 5.74) is 5.63. The molecule has 2 nitrogen and oxygen atoms in total. The maximum Gasteiger partial charge on any atom is 0.187 e. The molecule has 0 saturated heterocycles. The Morgan fingerprint density at radius 3 is 1.92 bits per heavy atom. The van der Waals surface area contributed by atoms with Gasteiger partial charge in [-0.2, -0.15) is 0 Å². The Balaban J connectivity index is 1.54. The van der Waals surface area contributed by atoms with E-state index in [-0.39, 0.29) is 0 Å². The van der Waals surface area contributed by atoms with Crippen LogP contribution in [0, 0.1) is 0 Å². The number of rotatable bonds is 4. The van der Waals surface area contributed by atoms with Crippen LogP contribution in [0.15, 0.2) is 90.3 Å². The van der Waals surface area contributed by atoms with Gasteiger partial charge < -0.3 is 5.32 Å². The first-order valence-electron chi connectivity index (χ1n) is 7.82. The van der Waals surface area contributed by atoms with Crippen molar-refractivity contribution in [1.29, 1.82) is 0 Å². The van der Waals surface area contributed by atoms with E-state index < -0.39 is 0 Å². The molecule has 0 aliphatic rings. The normalized spacial score (nSPS) is 10.5. The van der Waals surface area contributed by atoms with Crippen LogP contribution in [0.4, 0.5) is 10.8 Å². The molecular weight excluding hydrogens is 312 g/mol. The fraction of sp³-hybridized carbons (Fsp3) is 0. The Kier molecular flexibility index (Phi) is 4.09. The van der Waals surface area contributed by atoms with Crippen molar-refractivity contribution in [2.24, 2.45) is 0 Å². The summed E-state index contributed by atoms with van der Waals surface area (Å²) in [6.07, 6.45) is 0. The molecule has 0 saturated carbocycles. The van der Waals surface area contributed by atoms with Gasteiger partial charge in [0.15, 0.2) is 5.13 Å². The Bertz CT molecular complexity index is 913. The lowest BCUT2D eigenvalue weighted by molar-refractivity contribution is 1.38. The van der Waals surface area contributed by atoms with Gasteiger partial charge in [-0.05, 0) is 23.3 Å². The standard InChI is InChI=1S/C21H16N2S/c1-3-7-16(8-4-1)17-11-13-18(14-12-17)20-15-24-21(23-20)22-19-9-5-2-6-10-19/h1-15H,(H,22,23). The van der Waals surface area contributed by atoms with Gasteiger partial charge in [0.05, 0.1) is 5.69 Å². The van der Waals surface area contributed by atoms with E-state index in [0.29, 0.717) is 0 Å². The predicted molar refractivity (Wildman–Crippen MR) is 103 cm³/mol. The molecule has 116 valence electrons. The average molecular weight is 328 g/mol.